The molecular weight excluding hydrogens is 244 g/mol. The molecule has 106 valence electrons. The highest BCUT2D eigenvalue weighted by molar-refractivity contribution is 5.73. The van der Waals surface area contributed by atoms with Crippen molar-refractivity contribution in [2.45, 2.75) is 26.3 Å². The van der Waals surface area contributed by atoms with Crippen LogP contribution in [0.25, 0.3) is 0 Å². The second-order valence-electron chi connectivity index (χ2n) is 4.15. The molecule has 0 aliphatic heterocycles. The summed E-state index contributed by atoms with van der Waals surface area (Å²) >= 11 is 0. The number of hydrogen-bond donors (Lipinski definition) is 2. The molecule has 1 aromatic carbocycles. The molecular formula is C14H22N2O3. The number of nitrogens with one attached hydrogen (secondary N) is 2. The molecule has 2 N–H and O–H groups in total. The third kappa shape index (κ3) is 5.07. The van der Waals surface area contributed by atoms with Crippen LogP contribution in [-0.4, -0.2) is 26.8 Å². The molecule has 1 rings (SSSR count). The first-order valence-electron chi connectivity index (χ1n) is 6.43. The number of benzene rings is 1. The zero-order chi connectivity index (χ0) is 14.1. The van der Waals surface area contributed by atoms with Gasteiger partial charge in [-0.3, -0.25) is 0 Å². The van der Waals surface area contributed by atoms with E-state index in [1.807, 2.05) is 18.2 Å². The van der Waals surface area contributed by atoms with Gasteiger partial charge in [0.25, 0.3) is 0 Å². The normalized spacial score (nSPS) is 9.84. The summed E-state index contributed by atoms with van der Waals surface area (Å²) in [5.74, 6) is 1.34. The molecule has 0 saturated heterocycles. The first-order valence-corrected chi connectivity index (χ1v) is 6.43. The van der Waals surface area contributed by atoms with Crippen LogP contribution in [0.15, 0.2) is 18.2 Å². The average molecular weight is 266 g/mol. The highest BCUT2D eigenvalue weighted by Gasteiger charge is 2.05. The summed E-state index contributed by atoms with van der Waals surface area (Å²) in [6, 6.07) is 5.42. The number of hydrogen-bond acceptors (Lipinski definition) is 3. The molecule has 0 heterocycles. The van der Waals surface area contributed by atoms with E-state index in [1.54, 1.807) is 14.2 Å². The van der Waals surface area contributed by atoms with Crippen molar-refractivity contribution in [2.75, 3.05) is 20.8 Å². The minimum Gasteiger partial charge on any atom is -0.493 e. The summed E-state index contributed by atoms with van der Waals surface area (Å²) in [7, 11) is 3.18. The van der Waals surface area contributed by atoms with Crippen molar-refractivity contribution in [3.05, 3.63) is 23.8 Å². The third-order valence-corrected chi connectivity index (χ3v) is 2.72. The third-order valence-electron chi connectivity index (χ3n) is 2.72. The summed E-state index contributed by atoms with van der Waals surface area (Å²) in [6.45, 7) is 3.25. The van der Waals surface area contributed by atoms with E-state index in [0.29, 0.717) is 24.6 Å². The fraction of sp³-hybridized carbons (Fsp3) is 0.500. The van der Waals surface area contributed by atoms with Crippen molar-refractivity contribution < 1.29 is 14.3 Å². The van der Waals surface area contributed by atoms with Crippen LogP contribution in [0.3, 0.4) is 0 Å². The van der Waals surface area contributed by atoms with Crippen LogP contribution in [0.1, 0.15) is 25.3 Å². The number of unbranched alkanes of at least 4 members (excludes halogenated alkanes) is 1. The lowest BCUT2D eigenvalue weighted by molar-refractivity contribution is 0.240. The van der Waals surface area contributed by atoms with Gasteiger partial charge < -0.3 is 20.1 Å². The maximum Gasteiger partial charge on any atom is 0.315 e. The molecule has 0 saturated carbocycles. The Labute approximate surface area is 114 Å². The maximum absolute atomic E-state index is 11.5. The Morgan fingerprint density at radius 3 is 2.53 bits per heavy atom. The number of carbonyl (C=O) groups is 1. The van der Waals surface area contributed by atoms with Crippen LogP contribution in [0.2, 0.25) is 0 Å². The number of urea groups is 1. The molecule has 19 heavy (non-hydrogen) atoms. The van der Waals surface area contributed by atoms with Gasteiger partial charge in [0.1, 0.15) is 0 Å². The molecule has 0 aromatic heterocycles. The van der Waals surface area contributed by atoms with E-state index >= 15 is 0 Å². The highest BCUT2D eigenvalue weighted by Crippen LogP contribution is 2.27. The van der Waals surface area contributed by atoms with Gasteiger partial charge in [-0.2, -0.15) is 0 Å². The van der Waals surface area contributed by atoms with Crippen LogP contribution in [-0.2, 0) is 6.54 Å². The van der Waals surface area contributed by atoms with E-state index in [4.69, 9.17) is 9.47 Å². The van der Waals surface area contributed by atoms with E-state index in [1.165, 1.54) is 0 Å². The Morgan fingerprint density at radius 2 is 1.89 bits per heavy atom. The molecule has 2 amide bonds. The Bertz CT molecular complexity index is 408. The number of carbonyl (C=O) groups excluding carboxylic acids is 1. The molecule has 0 bridgehead atoms. The molecule has 0 aliphatic carbocycles. The summed E-state index contributed by atoms with van der Waals surface area (Å²) in [4.78, 5) is 11.5. The second-order valence-corrected chi connectivity index (χ2v) is 4.15. The van der Waals surface area contributed by atoms with E-state index in [0.717, 1.165) is 18.4 Å². The lowest BCUT2D eigenvalue weighted by Crippen LogP contribution is -2.35. The predicted octanol–water partition coefficient (Wildman–Crippen LogP) is 2.30. The molecule has 5 nitrogen and oxygen atoms in total. The second kappa shape index (κ2) is 8.24. The zero-order valence-corrected chi connectivity index (χ0v) is 11.8. The van der Waals surface area contributed by atoms with Crippen molar-refractivity contribution in [3.63, 3.8) is 0 Å². The van der Waals surface area contributed by atoms with Gasteiger partial charge in [0, 0.05) is 13.1 Å². The van der Waals surface area contributed by atoms with Crippen LogP contribution in [0, 0.1) is 0 Å². The monoisotopic (exact) mass is 266 g/mol. The van der Waals surface area contributed by atoms with Gasteiger partial charge in [-0.1, -0.05) is 19.4 Å². The van der Waals surface area contributed by atoms with Crippen molar-refractivity contribution in [1.29, 1.82) is 0 Å². The number of methoxy groups -OCH3 is 2. The quantitative estimate of drug-likeness (QED) is 0.744. The summed E-state index contributed by atoms with van der Waals surface area (Å²) in [6.07, 6.45) is 2.06. The van der Waals surface area contributed by atoms with Gasteiger partial charge in [-0.05, 0) is 24.1 Å². The van der Waals surface area contributed by atoms with Crippen molar-refractivity contribution >= 4 is 6.03 Å². The van der Waals surface area contributed by atoms with Crippen molar-refractivity contribution in [2.24, 2.45) is 0 Å². The molecule has 0 unspecified atom stereocenters. The largest absolute Gasteiger partial charge is 0.493 e. The van der Waals surface area contributed by atoms with Gasteiger partial charge >= 0.3 is 6.03 Å². The number of ether oxygens (including phenoxy) is 2. The maximum atomic E-state index is 11.5. The van der Waals surface area contributed by atoms with E-state index in [-0.39, 0.29) is 6.03 Å². The van der Waals surface area contributed by atoms with Crippen LogP contribution >= 0.6 is 0 Å². The predicted molar refractivity (Wildman–Crippen MR) is 74.7 cm³/mol. The van der Waals surface area contributed by atoms with Gasteiger partial charge in [0.2, 0.25) is 0 Å². The number of rotatable bonds is 7. The average Bonchev–Trinajstić information content (AvgIpc) is 2.45. The highest BCUT2D eigenvalue weighted by atomic mass is 16.5. The van der Waals surface area contributed by atoms with Gasteiger partial charge in [0.15, 0.2) is 11.5 Å². The summed E-state index contributed by atoms with van der Waals surface area (Å²) in [5, 5.41) is 5.60. The Kier molecular flexibility index (Phi) is 6.57. The fourth-order valence-corrected chi connectivity index (χ4v) is 1.61. The standard InChI is InChI=1S/C14H22N2O3/c1-4-5-8-15-14(17)16-10-11-6-7-12(18-2)13(9-11)19-3/h6-7,9H,4-5,8,10H2,1-3H3,(H2,15,16,17). The van der Waals surface area contributed by atoms with E-state index in [9.17, 15) is 4.79 Å². The Balaban J connectivity index is 2.47. The number of amides is 2. The van der Waals surface area contributed by atoms with Crippen LogP contribution in [0.4, 0.5) is 4.79 Å². The van der Waals surface area contributed by atoms with Gasteiger partial charge in [-0.15, -0.1) is 0 Å². The van der Waals surface area contributed by atoms with Gasteiger partial charge in [-0.25, -0.2) is 4.79 Å². The Morgan fingerprint density at radius 1 is 1.16 bits per heavy atom. The fourth-order valence-electron chi connectivity index (χ4n) is 1.61. The molecule has 0 aliphatic rings. The lowest BCUT2D eigenvalue weighted by atomic mass is 10.2. The topological polar surface area (TPSA) is 59.6 Å². The van der Waals surface area contributed by atoms with Crippen molar-refractivity contribution in [1.82, 2.24) is 10.6 Å². The summed E-state index contributed by atoms with van der Waals surface area (Å²) < 4.78 is 10.4. The van der Waals surface area contributed by atoms with Crippen LogP contribution < -0.4 is 20.1 Å². The lowest BCUT2D eigenvalue weighted by Gasteiger charge is -2.10. The minimum atomic E-state index is -0.150. The summed E-state index contributed by atoms with van der Waals surface area (Å²) in [5.41, 5.74) is 0.961. The molecule has 0 fully saturated rings. The zero-order valence-electron chi connectivity index (χ0n) is 11.8. The van der Waals surface area contributed by atoms with Gasteiger partial charge in [0.05, 0.1) is 14.2 Å². The molecule has 0 atom stereocenters. The van der Waals surface area contributed by atoms with E-state index in [2.05, 4.69) is 17.6 Å². The first-order chi connectivity index (χ1) is 9.21. The molecule has 0 spiro atoms. The molecule has 5 heteroatoms. The smallest absolute Gasteiger partial charge is 0.315 e. The van der Waals surface area contributed by atoms with Crippen molar-refractivity contribution in [3.8, 4) is 11.5 Å². The molecule has 0 radical (unpaired) electrons. The first kappa shape index (κ1) is 15.1. The minimum absolute atomic E-state index is 0.150. The van der Waals surface area contributed by atoms with Crippen LogP contribution in [0.5, 0.6) is 11.5 Å². The molecule has 1 aromatic rings. The Hall–Kier alpha value is -1.91. The van der Waals surface area contributed by atoms with E-state index < -0.39 is 0 Å². The SMILES string of the molecule is CCCCNC(=O)NCc1ccc(OC)c(OC)c1.